The van der Waals surface area contributed by atoms with Gasteiger partial charge in [-0.15, -0.1) is 0 Å². The minimum atomic E-state index is -0.517. The smallest absolute Gasteiger partial charge is 0.261 e. The number of aliphatic hydroxyl groups excluding tert-OH is 1. The van der Waals surface area contributed by atoms with Crippen LogP contribution >= 0.6 is 0 Å². The molecule has 0 saturated carbocycles. The van der Waals surface area contributed by atoms with Crippen molar-refractivity contribution in [3.63, 3.8) is 0 Å². The van der Waals surface area contributed by atoms with E-state index >= 15 is 0 Å². The lowest BCUT2D eigenvalue weighted by Crippen LogP contribution is -2.38. The minimum Gasteiger partial charge on any atom is -0.511 e. The molecule has 5 heteroatoms. The van der Waals surface area contributed by atoms with Crippen molar-refractivity contribution in [1.82, 2.24) is 10.3 Å². The number of piperidine rings is 1. The Morgan fingerprint density at radius 2 is 1.96 bits per heavy atom. The highest BCUT2D eigenvalue weighted by atomic mass is 16.3. The summed E-state index contributed by atoms with van der Waals surface area (Å²) < 4.78 is 0. The molecule has 2 heterocycles. The van der Waals surface area contributed by atoms with Crippen LogP contribution in [0.4, 0.5) is 0 Å². The molecule has 0 unspecified atom stereocenters. The maximum atomic E-state index is 11.8. The molecule has 3 N–H and O–H groups in total. The van der Waals surface area contributed by atoms with Crippen LogP contribution in [0.25, 0.3) is 17.0 Å². The summed E-state index contributed by atoms with van der Waals surface area (Å²) in [5.74, 6) is -0.846. The molecule has 1 aliphatic carbocycles. The Labute approximate surface area is 132 Å². The number of aromatic amines is 1. The standard InChI is InChI=1S/C18H14N2O3/c21-15-7-10(5-11-8-16(22)20-18(23)17(11)15)6-12-9-19-14-4-2-1-3-13(12)14/h1-6,9,19,21H,7-8H2,(H,20,22,23). The van der Waals surface area contributed by atoms with Gasteiger partial charge in [-0.05, 0) is 23.3 Å². The van der Waals surface area contributed by atoms with Gasteiger partial charge in [0.25, 0.3) is 5.91 Å². The Morgan fingerprint density at radius 3 is 2.83 bits per heavy atom. The van der Waals surface area contributed by atoms with E-state index in [4.69, 9.17) is 0 Å². The Balaban J connectivity index is 1.77. The maximum absolute atomic E-state index is 11.8. The SMILES string of the molecule is O=C1CC2=CC(=Cc3c[nH]c4ccccc34)CC(O)=C2C(=O)N1. The van der Waals surface area contributed by atoms with Gasteiger partial charge in [0, 0.05) is 29.1 Å². The summed E-state index contributed by atoms with van der Waals surface area (Å²) in [4.78, 5) is 26.6. The van der Waals surface area contributed by atoms with Crippen molar-refractivity contribution < 1.29 is 14.7 Å². The molecule has 0 spiro atoms. The number of aliphatic hydroxyl groups is 1. The fraction of sp³-hybridized carbons (Fsp3) is 0.111. The van der Waals surface area contributed by atoms with E-state index in [0.717, 1.165) is 22.0 Å². The number of nitrogens with one attached hydrogen (secondary N) is 2. The molecule has 2 aromatic rings. The van der Waals surface area contributed by atoms with Crippen LogP contribution in [-0.4, -0.2) is 21.9 Å². The molecular formula is C18H14N2O3. The fourth-order valence-corrected chi connectivity index (χ4v) is 3.14. The van der Waals surface area contributed by atoms with Gasteiger partial charge < -0.3 is 10.1 Å². The van der Waals surface area contributed by atoms with Gasteiger partial charge in [0.15, 0.2) is 0 Å². The topological polar surface area (TPSA) is 82.2 Å². The number of carbonyl (C=O) groups is 2. The van der Waals surface area contributed by atoms with Crippen molar-refractivity contribution in [2.45, 2.75) is 12.8 Å². The zero-order valence-corrected chi connectivity index (χ0v) is 12.2. The number of aromatic nitrogens is 1. The number of carbonyl (C=O) groups excluding carboxylic acids is 2. The number of fused-ring (bicyclic) bond motifs is 2. The van der Waals surface area contributed by atoms with Gasteiger partial charge in [-0.2, -0.15) is 0 Å². The van der Waals surface area contributed by atoms with Gasteiger partial charge >= 0.3 is 0 Å². The highest BCUT2D eigenvalue weighted by molar-refractivity contribution is 6.12. The lowest BCUT2D eigenvalue weighted by atomic mass is 9.87. The van der Waals surface area contributed by atoms with Gasteiger partial charge in [0.1, 0.15) is 5.76 Å². The van der Waals surface area contributed by atoms with Gasteiger partial charge in [-0.1, -0.05) is 24.3 Å². The molecule has 114 valence electrons. The third kappa shape index (κ3) is 2.26. The van der Waals surface area contributed by atoms with Crippen molar-refractivity contribution in [1.29, 1.82) is 0 Å². The lowest BCUT2D eigenvalue weighted by Gasteiger charge is -2.23. The Hall–Kier alpha value is -3.08. The van der Waals surface area contributed by atoms with Crippen molar-refractivity contribution in [3.8, 4) is 0 Å². The van der Waals surface area contributed by atoms with Gasteiger partial charge in [-0.3, -0.25) is 14.9 Å². The largest absolute Gasteiger partial charge is 0.511 e. The molecule has 0 bridgehead atoms. The molecule has 1 aromatic heterocycles. The zero-order valence-electron chi connectivity index (χ0n) is 12.2. The predicted molar refractivity (Wildman–Crippen MR) is 86.4 cm³/mol. The highest BCUT2D eigenvalue weighted by Crippen LogP contribution is 2.33. The summed E-state index contributed by atoms with van der Waals surface area (Å²) in [5, 5.41) is 13.5. The molecule has 1 fully saturated rings. The number of hydrogen-bond donors (Lipinski definition) is 3. The van der Waals surface area contributed by atoms with E-state index in [-0.39, 0.29) is 30.1 Å². The predicted octanol–water partition coefficient (Wildman–Crippen LogP) is 2.74. The van der Waals surface area contributed by atoms with E-state index in [2.05, 4.69) is 10.3 Å². The first-order valence-electron chi connectivity index (χ1n) is 7.36. The monoisotopic (exact) mass is 306 g/mol. The van der Waals surface area contributed by atoms with E-state index in [1.807, 2.05) is 42.6 Å². The van der Waals surface area contributed by atoms with Crippen molar-refractivity contribution in [3.05, 3.63) is 64.6 Å². The average molecular weight is 306 g/mol. The molecule has 1 aliphatic heterocycles. The normalized spacial score (nSPS) is 19.8. The number of para-hydroxylation sites is 1. The quantitative estimate of drug-likeness (QED) is 0.708. The second kappa shape index (κ2) is 4.98. The first-order chi connectivity index (χ1) is 11.1. The van der Waals surface area contributed by atoms with Crippen LogP contribution in [0.5, 0.6) is 0 Å². The molecule has 5 nitrogen and oxygen atoms in total. The zero-order chi connectivity index (χ0) is 16.0. The first kappa shape index (κ1) is 13.6. The Bertz CT molecular complexity index is 944. The number of allylic oxidation sites excluding steroid dienone is 2. The molecule has 23 heavy (non-hydrogen) atoms. The first-order valence-corrected chi connectivity index (χ1v) is 7.36. The fourth-order valence-electron chi connectivity index (χ4n) is 3.14. The van der Waals surface area contributed by atoms with Crippen molar-refractivity contribution in [2.24, 2.45) is 0 Å². The Morgan fingerprint density at radius 1 is 1.13 bits per heavy atom. The van der Waals surface area contributed by atoms with Crippen LogP contribution in [0, 0.1) is 0 Å². The van der Waals surface area contributed by atoms with Crippen LogP contribution in [0.2, 0.25) is 0 Å². The number of benzene rings is 1. The van der Waals surface area contributed by atoms with E-state index in [1.165, 1.54) is 0 Å². The van der Waals surface area contributed by atoms with E-state index in [9.17, 15) is 14.7 Å². The molecule has 1 aromatic carbocycles. The maximum Gasteiger partial charge on any atom is 0.261 e. The van der Waals surface area contributed by atoms with Crippen molar-refractivity contribution >= 4 is 28.8 Å². The minimum absolute atomic E-state index is 0.0126. The second-order valence-electron chi connectivity index (χ2n) is 5.73. The molecule has 4 rings (SSSR count). The van der Waals surface area contributed by atoms with E-state index in [0.29, 0.717) is 5.57 Å². The van der Waals surface area contributed by atoms with Crippen LogP contribution in [-0.2, 0) is 9.59 Å². The Kier molecular flexibility index (Phi) is 2.94. The summed E-state index contributed by atoms with van der Waals surface area (Å²) in [5.41, 5.74) is 3.73. The summed E-state index contributed by atoms with van der Waals surface area (Å²) in [7, 11) is 0. The number of rotatable bonds is 1. The van der Waals surface area contributed by atoms with E-state index < -0.39 is 5.91 Å². The molecule has 0 atom stereocenters. The third-order valence-electron chi connectivity index (χ3n) is 4.13. The summed E-state index contributed by atoms with van der Waals surface area (Å²) >= 11 is 0. The molecule has 0 radical (unpaired) electrons. The molecule has 2 aliphatic rings. The summed E-state index contributed by atoms with van der Waals surface area (Å²) in [6, 6.07) is 7.95. The number of hydrogen-bond acceptors (Lipinski definition) is 3. The van der Waals surface area contributed by atoms with Crippen LogP contribution in [0.3, 0.4) is 0 Å². The highest BCUT2D eigenvalue weighted by Gasteiger charge is 2.31. The molecule has 2 amide bonds. The van der Waals surface area contributed by atoms with Gasteiger partial charge in [0.2, 0.25) is 5.91 Å². The summed E-state index contributed by atoms with van der Waals surface area (Å²) in [6.07, 6.45) is 6.09. The second-order valence-corrected chi connectivity index (χ2v) is 5.73. The number of amides is 2. The van der Waals surface area contributed by atoms with Crippen molar-refractivity contribution in [2.75, 3.05) is 0 Å². The lowest BCUT2D eigenvalue weighted by molar-refractivity contribution is -0.129. The van der Waals surface area contributed by atoms with Crippen LogP contribution < -0.4 is 5.32 Å². The van der Waals surface area contributed by atoms with E-state index in [1.54, 1.807) is 0 Å². The number of H-pyrrole nitrogens is 1. The van der Waals surface area contributed by atoms with Crippen LogP contribution in [0.1, 0.15) is 18.4 Å². The number of imide groups is 1. The third-order valence-corrected chi connectivity index (χ3v) is 4.13. The average Bonchev–Trinajstić information content (AvgIpc) is 2.89. The van der Waals surface area contributed by atoms with Gasteiger partial charge in [-0.25, -0.2) is 0 Å². The van der Waals surface area contributed by atoms with Gasteiger partial charge in [0.05, 0.1) is 12.0 Å². The summed E-state index contributed by atoms with van der Waals surface area (Å²) in [6.45, 7) is 0. The molecule has 1 saturated heterocycles. The molecular weight excluding hydrogens is 292 g/mol. The van der Waals surface area contributed by atoms with Crippen LogP contribution in [0.15, 0.2) is 59.0 Å².